The first-order chi connectivity index (χ1) is 27.5. The molecule has 2 aliphatic heterocycles. The second-order valence-electron chi connectivity index (χ2n) is 18.2. The molecule has 58 heavy (non-hydrogen) atoms. The fraction of sp³-hybridized carbons (Fsp3) is 0.522. The summed E-state index contributed by atoms with van der Waals surface area (Å²) in [6.07, 6.45) is 5.46. The number of carbonyl (C=O) groups is 6. The van der Waals surface area contributed by atoms with Crippen molar-refractivity contribution in [2.45, 2.75) is 128 Å². The van der Waals surface area contributed by atoms with Crippen molar-refractivity contribution < 1.29 is 47.7 Å². The first kappa shape index (κ1) is 40.9. The normalized spacial score (nSPS) is 24.0. The molecular weight excluding hydrogens is 741 g/mol. The molecule has 6 atom stereocenters. The summed E-state index contributed by atoms with van der Waals surface area (Å²) in [5.74, 6) is -1.46. The number of ether oxygens (including phenoxy) is 4. The van der Waals surface area contributed by atoms with Gasteiger partial charge in [-0.15, -0.1) is 0 Å². The SMILES string of the molecule is CC(C)(C)OC(=O)N1[C@H](C(=O)OCC(=O)c2ccc(-c3ccc4cc(C(=O)COC(=O)[C@@H]5C[C@@H]6CCC[C@@H]6N5C(=O)OC(C)(C)C)ccc4c3)cc2)C[C@@H]2CCC[C@@H]21. The predicted octanol–water partition coefficient (Wildman–Crippen LogP) is 8.31. The minimum Gasteiger partial charge on any atom is -0.456 e. The molecule has 2 aliphatic carbocycles. The summed E-state index contributed by atoms with van der Waals surface area (Å²) in [5, 5.41) is 1.71. The second-order valence-corrected chi connectivity index (χ2v) is 18.2. The molecule has 0 bridgehead atoms. The van der Waals surface area contributed by atoms with E-state index in [9.17, 15) is 28.8 Å². The lowest BCUT2D eigenvalue weighted by Gasteiger charge is -2.31. The van der Waals surface area contributed by atoms with Crippen molar-refractivity contribution in [1.29, 1.82) is 0 Å². The number of rotatable bonds is 9. The van der Waals surface area contributed by atoms with Crippen LogP contribution in [0.3, 0.4) is 0 Å². The number of ketones is 2. The van der Waals surface area contributed by atoms with E-state index in [0.717, 1.165) is 60.4 Å². The van der Waals surface area contributed by atoms with Crippen LogP contribution in [0.25, 0.3) is 21.9 Å². The van der Waals surface area contributed by atoms with Gasteiger partial charge in [0.2, 0.25) is 0 Å². The molecule has 0 unspecified atom stereocenters. The predicted molar refractivity (Wildman–Crippen MR) is 215 cm³/mol. The molecule has 2 amide bonds. The van der Waals surface area contributed by atoms with Gasteiger partial charge >= 0.3 is 24.1 Å². The highest BCUT2D eigenvalue weighted by Gasteiger charge is 2.52. The van der Waals surface area contributed by atoms with Crippen molar-refractivity contribution in [3.05, 3.63) is 71.8 Å². The second kappa shape index (κ2) is 16.2. The number of likely N-dealkylation sites (tertiary alicyclic amines) is 2. The molecule has 2 saturated carbocycles. The fourth-order valence-electron chi connectivity index (χ4n) is 9.23. The Kier molecular flexibility index (Phi) is 11.4. The van der Waals surface area contributed by atoms with E-state index in [4.69, 9.17) is 18.9 Å². The van der Waals surface area contributed by atoms with Gasteiger partial charge in [0.15, 0.2) is 24.8 Å². The maximum absolute atomic E-state index is 13.3. The van der Waals surface area contributed by atoms with Crippen molar-refractivity contribution in [3.63, 3.8) is 0 Å². The number of hydrogen-bond donors (Lipinski definition) is 0. The topological polar surface area (TPSA) is 146 Å². The summed E-state index contributed by atoms with van der Waals surface area (Å²) in [5.41, 5.74) is 1.15. The zero-order valence-corrected chi connectivity index (χ0v) is 34.3. The third kappa shape index (κ3) is 8.90. The lowest BCUT2D eigenvalue weighted by molar-refractivity contribution is -0.148. The minimum absolute atomic E-state index is 0.0606. The summed E-state index contributed by atoms with van der Waals surface area (Å²) in [7, 11) is 0. The Bertz CT molecular complexity index is 2100. The van der Waals surface area contributed by atoms with Crippen LogP contribution in [0.15, 0.2) is 60.7 Å². The number of benzene rings is 3. The number of hydrogen-bond acceptors (Lipinski definition) is 10. The molecule has 12 nitrogen and oxygen atoms in total. The summed E-state index contributed by atoms with van der Waals surface area (Å²) >= 11 is 0. The van der Waals surface area contributed by atoms with Crippen molar-refractivity contribution in [3.8, 4) is 11.1 Å². The van der Waals surface area contributed by atoms with E-state index in [-0.39, 0.29) is 35.5 Å². The first-order valence-electron chi connectivity index (χ1n) is 20.5. The smallest absolute Gasteiger partial charge is 0.411 e. The van der Waals surface area contributed by atoms with E-state index < -0.39 is 60.6 Å². The van der Waals surface area contributed by atoms with Gasteiger partial charge in [-0.05, 0) is 126 Å². The Balaban J connectivity index is 0.935. The molecule has 0 N–H and O–H groups in total. The average Bonchev–Trinajstić information content (AvgIpc) is 3.96. The van der Waals surface area contributed by atoms with Crippen LogP contribution in [-0.2, 0) is 28.5 Å². The Morgan fingerprint density at radius 3 is 1.48 bits per heavy atom. The van der Waals surface area contributed by atoms with Crippen molar-refractivity contribution in [2.24, 2.45) is 11.8 Å². The highest BCUT2D eigenvalue weighted by atomic mass is 16.6. The molecular formula is C46H54N2O10. The lowest BCUT2D eigenvalue weighted by atomic mass is 9.98. The molecule has 4 fully saturated rings. The van der Waals surface area contributed by atoms with Gasteiger partial charge in [-0.2, -0.15) is 0 Å². The van der Waals surface area contributed by atoms with Crippen LogP contribution in [-0.4, -0.2) is 94.1 Å². The zero-order chi connectivity index (χ0) is 41.5. The van der Waals surface area contributed by atoms with E-state index in [0.29, 0.717) is 24.0 Å². The number of esters is 2. The van der Waals surface area contributed by atoms with E-state index in [1.807, 2.05) is 36.4 Å². The summed E-state index contributed by atoms with van der Waals surface area (Å²) in [6.45, 7) is 9.87. The molecule has 0 spiro atoms. The molecule has 3 aromatic rings. The highest BCUT2D eigenvalue weighted by molar-refractivity contribution is 6.02. The number of carbonyl (C=O) groups excluding carboxylic acids is 6. The summed E-state index contributed by atoms with van der Waals surface area (Å²) in [6, 6.07) is 16.5. The van der Waals surface area contributed by atoms with Crippen molar-refractivity contribution in [1.82, 2.24) is 9.80 Å². The quantitative estimate of drug-likeness (QED) is 0.118. The number of nitrogens with zero attached hydrogens (tertiary/aromatic N) is 2. The summed E-state index contributed by atoms with van der Waals surface area (Å²) in [4.78, 5) is 82.1. The average molecular weight is 795 g/mol. The monoisotopic (exact) mass is 794 g/mol. The molecule has 7 rings (SSSR count). The van der Waals surface area contributed by atoms with Crippen LogP contribution in [0.1, 0.15) is 114 Å². The van der Waals surface area contributed by atoms with Gasteiger partial charge < -0.3 is 18.9 Å². The molecule has 3 aromatic carbocycles. The third-order valence-corrected chi connectivity index (χ3v) is 11.8. The van der Waals surface area contributed by atoms with Crippen LogP contribution >= 0.6 is 0 Å². The first-order valence-corrected chi connectivity index (χ1v) is 20.5. The van der Waals surface area contributed by atoms with Gasteiger partial charge in [0.1, 0.15) is 23.3 Å². The van der Waals surface area contributed by atoms with Gasteiger partial charge in [-0.25, -0.2) is 19.2 Å². The standard InChI is InChI=1S/C46H54N2O10/c1-45(2,3)57-43(53)47-35-11-7-9-32(35)23-37(47)41(51)55-25-39(49)28-15-13-27(14-16-28)29-17-18-31-22-34(20-19-30(31)21-29)40(50)26-56-42(52)38-24-33-10-8-12-36(33)48(38)44(54)58-46(4,5)6/h13-22,32-33,35-38H,7-12,23-26H2,1-6H3/t32-,33-,35-,36-,37-,38-/m0/s1. The van der Waals surface area contributed by atoms with Gasteiger partial charge in [-0.1, -0.05) is 61.4 Å². The molecule has 12 heteroatoms. The lowest BCUT2D eigenvalue weighted by Crippen LogP contribution is -2.47. The van der Waals surface area contributed by atoms with Crippen molar-refractivity contribution in [2.75, 3.05) is 13.2 Å². The summed E-state index contributed by atoms with van der Waals surface area (Å²) < 4.78 is 22.3. The van der Waals surface area contributed by atoms with Crippen LogP contribution in [0, 0.1) is 11.8 Å². The Morgan fingerprint density at radius 2 is 0.983 bits per heavy atom. The molecule has 2 saturated heterocycles. The van der Waals surface area contributed by atoms with Crippen LogP contribution < -0.4 is 0 Å². The maximum atomic E-state index is 13.3. The Morgan fingerprint density at radius 1 is 0.552 bits per heavy atom. The Hall–Kier alpha value is -5.26. The highest BCUT2D eigenvalue weighted by Crippen LogP contribution is 2.43. The van der Waals surface area contributed by atoms with E-state index in [1.54, 1.807) is 65.8 Å². The number of fused-ring (bicyclic) bond motifs is 3. The largest absolute Gasteiger partial charge is 0.456 e. The van der Waals surface area contributed by atoms with E-state index >= 15 is 0 Å². The Labute approximate surface area is 339 Å². The molecule has 2 heterocycles. The molecule has 0 radical (unpaired) electrons. The van der Waals surface area contributed by atoms with Gasteiger partial charge in [-0.3, -0.25) is 19.4 Å². The fourth-order valence-corrected chi connectivity index (χ4v) is 9.23. The number of amides is 2. The molecule has 308 valence electrons. The van der Waals surface area contributed by atoms with Crippen molar-refractivity contribution >= 4 is 46.5 Å². The number of Topliss-reactive ketones (excluding diaryl/α,β-unsaturated/α-hetero) is 2. The van der Waals surface area contributed by atoms with E-state index in [1.165, 1.54) is 9.80 Å². The van der Waals surface area contributed by atoms with Gasteiger partial charge in [0.25, 0.3) is 0 Å². The molecule has 0 aromatic heterocycles. The molecule has 4 aliphatic rings. The minimum atomic E-state index is -0.780. The zero-order valence-electron chi connectivity index (χ0n) is 34.3. The van der Waals surface area contributed by atoms with Crippen LogP contribution in [0.4, 0.5) is 9.59 Å². The van der Waals surface area contributed by atoms with Crippen LogP contribution in [0.5, 0.6) is 0 Å². The van der Waals surface area contributed by atoms with E-state index in [2.05, 4.69) is 0 Å². The van der Waals surface area contributed by atoms with Gasteiger partial charge in [0, 0.05) is 23.2 Å². The maximum Gasteiger partial charge on any atom is 0.411 e. The third-order valence-electron chi connectivity index (χ3n) is 11.8. The van der Waals surface area contributed by atoms with Gasteiger partial charge in [0.05, 0.1) is 0 Å². The van der Waals surface area contributed by atoms with Crippen LogP contribution in [0.2, 0.25) is 0 Å².